The van der Waals surface area contributed by atoms with Crippen molar-refractivity contribution in [2.24, 2.45) is 0 Å². The number of hydrogen-bond acceptors (Lipinski definition) is 6. The zero-order valence-corrected chi connectivity index (χ0v) is 22.7. The van der Waals surface area contributed by atoms with E-state index in [1.54, 1.807) is 19.3 Å². The number of rotatable bonds is 4. The minimum Gasteiger partial charge on any atom is -0.496 e. The standard InChI is InChI=1S/C15H22O2.C11H8BrNO3S/c1-6-16-14-10(3)11(4)15-13(12(14)5)8-7-9(2)17-15;1-16-8-3-2-6(4-7(8)12)5-9-10(14)13-11(15)17-9/h9H,6-8H2,1-5H3;2-5H,1H3,(H,13,14,15)/b;9-5+. The number of carbonyl (C=O) groups is 2. The lowest BCUT2D eigenvalue weighted by Gasteiger charge is -2.29. The van der Waals surface area contributed by atoms with E-state index in [1.807, 2.05) is 19.1 Å². The van der Waals surface area contributed by atoms with E-state index in [9.17, 15) is 9.59 Å². The third-order valence-corrected chi connectivity index (χ3v) is 7.27. The molecule has 2 aromatic rings. The van der Waals surface area contributed by atoms with Crippen LogP contribution in [0.25, 0.3) is 6.08 Å². The van der Waals surface area contributed by atoms with Gasteiger partial charge in [0.2, 0.25) is 0 Å². The number of nitrogens with one attached hydrogen (secondary N) is 1. The number of halogens is 1. The molecule has 0 spiro atoms. The van der Waals surface area contributed by atoms with E-state index in [0.29, 0.717) is 16.8 Å². The molecular formula is C26H30BrNO5S. The Balaban J connectivity index is 0.000000191. The van der Waals surface area contributed by atoms with E-state index >= 15 is 0 Å². The molecule has 0 aliphatic carbocycles. The summed E-state index contributed by atoms with van der Waals surface area (Å²) in [5, 5.41) is 1.87. The van der Waals surface area contributed by atoms with Crippen molar-refractivity contribution in [3.05, 3.63) is 55.4 Å². The zero-order valence-electron chi connectivity index (χ0n) is 20.3. The summed E-state index contributed by atoms with van der Waals surface area (Å²) < 4.78 is 17.7. The Labute approximate surface area is 213 Å². The van der Waals surface area contributed by atoms with Gasteiger partial charge in [0.05, 0.1) is 29.2 Å². The Morgan fingerprint density at radius 1 is 1.21 bits per heavy atom. The molecule has 1 saturated heterocycles. The monoisotopic (exact) mass is 547 g/mol. The zero-order chi connectivity index (χ0) is 25.0. The Bertz CT molecular complexity index is 1140. The maximum atomic E-state index is 11.3. The average molecular weight is 548 g/mol. The van der Waals surface area contributed by atoms with Crippen molar-refractivity contribution in [3.63, 3.8) is 0 Å². The van der Waals surface area contributed by atoms with Crippen molar-refractivity contribution in [2.75, 3.05) is 13.7 Å². The van der Waals surface area contributed by atoms with Gasteiger partial charge in [-0.2, -0.15) is 0 Å². The predicted molar refractivity (Wildman–Crippen MR) is 140 cm³/mol. The van der Waals surface area contributed by atoms with Crippen molar-refractivity contribution in [3.8, 4) is 17.2 Å². The fourth-order valence-corrected chi connectivity index (χ4v) is 5.17. The van der Waals surface area contributed by atoms with E-state index in [4.69, 9.17) is 14.2 Å². The summed E-state index contributed by atoms with van der Waals surface area (Å²) in [7, 11) is 1.58. The largest absolute Gasteiger partial charge is 0.496 e. The lowest BCUT2D eigenvalue weighted by atomic mass is 9.92. The molecule has 2 aliphatic heterocycles. The number of benzene rings is 2. The average Bonchev–Trinajstić information content (AvgIpc) is 3.12. The highest BCUT2D eigenvalue weighted by molar-refractivity contribution is 9.10. The van der Waals surface area contributed by atoms with Crippen LogP contribution in [0.5, 0.6) is 17.2 Å². The van der Waals surface area contributed by atoms with Crippen LogP contribution in [0, 0.1) is 20.8 Å². The van der Waals surface area contributed by atoms with Crippen molar-refractivity contribution < 1.29 is 23.8 Å². The van der Waals surface area contributed by atoms with Gasteiger partial charge in [-0.25, -0.2) is 0 Å². The van der Waals surface area contributed by atoms with Crippen LogP contribution in [0.2, 0.25) is 0 Å². The molecular weight excluding hydrogens is 518 g/mol. The van der Waals surface area contributed by atoms with Crippen LogP contribution in [0.3, 0.4) is 0 Å². The van der Waals surface area contributed by atoms with Crippen molar-refractivity contribution in [2.45, 2.75) is 53.6 Å². The molecule has 1 atom stereocenters. The summed E-state index contributed by atoms with van der Waals surface area (Å²) in [5.41, 5.74) is 5.88. The highest BCUT2D eigenvalue weighted by Gasteiger charge is 2.25. The van der Waals surface area contributed by atoms with Crippen molar-refractivity contribution in [1.82, 2.24) is 5.32 Å². The van der Waals surface area contributed by atoms with Gasteiger partial charge in [0.25, 0.3) is 11.1 Å². The van der Waals surface area contributed by atoms with Gasteiger partial charge in [0.1, 0.15) is 17.2 Å². The normalized spacial score (nSPS) is 18.0. The molecule has 8 heteroatoms. The molecule has 0 bridgehead atoms. The number of hydrogen-bond donors (Lipinski definition) is 1. The highest BCUT2D eigenvalue weighted by atomic mass is 79.9. The fraction of sp³-hybridized carbons (Fsp3) is 0.385. The van der Waals surface area contributed by atoms with Crippen LogP contribution in [0.15, 0.2) is 27.6 Å². The lowest BCUT2D eigenvalue weighted by molar-refractivity contribution is -0.115. The van der Waals surface area contributed by atoms with Gasteiger partial charge in [0, 0.05) is 5.56 Å². The molecule has 0 radical (unpaired) electrons. The summed E-state index contributed by atoms with van der Waals surface area (Å²) in [4.78, 5) is 22.7. The first-order chi connectivity index (χ1) is 16.2. The number of carbonyl (C=O) groups excluding carboxylic acids is 2. The van der Waals surface area contributed by atoms with E-state index in [-0.39, 0.29) is 11.1 Å². The van der Waals surface area contributed by atoms with Gasteiger partial charge in [-0.3, -0.25) is 14.9 Å². The topological polar surface area (TPSA) is 73.9 Å². The maximum Gasteiger partial charge on any atom is 0.290 e. The van der Waals surface area contributed by atoms with Crippen molar-refractivity contribution >= 4 is 44.9 Å². The van der Waals surface area contributed by atoms with Gasteiger partial charge in [-0.15, -0.1) is 0 Å². The molecule has 0 aromatic heterocycles. The molecule has 2 amide bonds. The third-order valence-electron chi connectivity index (χ3n) is 5.84. The molecule has 1 N–H and O–H groups in total. The summed E-state index contributed by atoms with van der Waals surface area (Å²) >= 11 is 4.25. The Morgan fingerprint density at radius 2 is 1.94 bits per heavy atom. The van der Waals surface area contributed by atoms with Gasteiger partial charge >= 0.3 is 0 Å². The maximum absolute atomic E-state index is 11.3. The summed E-state index contributed by atoms with van der Waals surface area (Å²) in [6.07, 6.45) is 4.19. The first-order valence-electron chi connectivity index (χ1n) is 11.2. The van der Waals surface area contributed by atoms with E-state index < -0.39 is 0 Å². The molecule has 2 heterocycles. The first kappa shape index (κ1) is 26.2. The Kier molecular flexibility index (Phi) is 8.71. The number of amides is 2. The summed E-state index contributed by atoms with van der Waals surface area (Å²) in [6.45, 7) is 11.3. The van der Waals surface area contributed by atoms with Crippen LogP contribution in [-0.2, 0) is 11.2 Å². The number of thioether (sulfide) groups is 1. The van der Waals surface area contributed by atoms with Gasteiger partial charge in [-0.05, 0) is 116 Å². The van der Waals surface area contributed by atoms with Crippen LogP contribution >= 0.6 is 27.7 Å². The molecule has 0 saturated carbocycles. The molecule has 6 nitrogen and oxygen atoms in total. The quantitative estimate of drug-likeness (QED) is 0.440. The van der Waals surface area contributed by atoms with Crippen LogP contribution < -0.4 is 19.5 Å². The minimum absolute atomic E-state index is 0.331. The molecule has 1 fully saturated rings. The first-order valence-corrected chi connectivity index (χ1v) is 12.8. The van der Waals surface area contributed by atoms with E-state index in [1.165, 1.54) is 22.3 Å². The number of ether oxygens (including phenoxy) is 3. The van der Waals surface area contributed by atoms with Gasteiger partial charge in [0.15, 0.2) is 0 Å². The molecule has 2 aromatic carbocycles. The lowest BCUT2D eigenvalue weighted by Crippen LogP contribution is -2.21. The van der Waals surface area contributed by atoms with Crippen LogP contribution in [-0.4, -0.2) is 31.0 Å². The van der Waals surface area contributed by atoms with E-state index in [0.717, 1.165) is 52.7 Å². The number of methoxy groups -OCH3 is 1. The second-order valence-corrected chi connectivity index (χ2v) is 10.0. The predicted octanol–water partition coefficient (Wildman–Crippen LogP) is 6.51. The molecule has 182 valence electrons. The SMILES string of the molecule is CCOc1c(C)c(C)c2c(c1C)CCC(C)O2.COc1ccc(/C=C2/SC(=O)NC2=O)cc1Br. The van der Waals surface area contributed by atoms with Crippen LogP contribution in [0.1, 0.15) is 48.1 Å². The van der Waals surface area contributed by atoms with Gasteiger partial charge < -0.3 is 14.2 Å². The third kappa shape index (κ3) is 5.78. The second-order valence-electron chi connectivity index (χ2n) is 8.16. The fourth-order valence-electron chi connectivity index (χ4n) is 3.93. The van der Waals surface area contributed by atoms with Crippen LogP contribution in [0.4, 0.5) is 4.79 Å². The van der Waals surface area contributed by atoms with Crippen molar-refractivity contribution in [1.29, 1.82) is 0 Å². The summed E-state index contributed by atoms with van der Waals surface area (Å²) in [5.74, 6) is 2.52. The number of fused-ring (bicyclic) bond motifs is 1. The highest BCUT2D eigenvalue weighted by Crippen LogP contribution is 2.41. The second kappa shape index (κ2) is 11.3. The molecule has 1 unspecified atom stereocenters. The van der Waals surface area contributed by atoms with E-state index in [2.05, 4.69) is 48.9 Å². The Hall–Kier alpha value is -2.45. The molecule has 4 rings (SSSR count). The minimum atomic E-state index is -0.355. The molecule has 34 heavy (non-hydrogen) atoms. The van der Waals surface area contributed by atoms with Gasteiger partial charge in [-0.1, -0.05) is 6.07 Å². The summed E-state index contributed by atoms with van der Waals surface area (Å²) in [6, 6.07) is 5.42. The Morgan fingerprint density at radius 3 is 2.53 bits per heavy atom. The smallest absolute Gasteiger partial charge is 0.290 e. The number of imide groups is 1. The molecule has 2 aliphatic rings.